The zero-order chi connectivity index (χ0) is 24.7. The second kappa shape index (κ2) is 11.5. The van der Waals surface area contributed by atoms with Crippen molar-refractivity contribution in [1.29, 1.82) is 0 Å². The van der Waals surface area contributed by atoms with Crippen molar-refractivity contribution in [3.63, 3.8) is 0 Å². The summed E-state index contributed by atoms with van der Waals surface area (Å²) in [6.07, 6.45) is 0.838. The molecule has 5 rings (SSSR count). The highest BCUT2D eigenvalue weighted by Crippen LogP contribution is 2.32. The smallest absolute Gasteiger partial charge is 0.260 e. The number of para-hydroxylation sites is 1. The summed E-state index contributed by atoms with van der Waals surface area (Å²) in [6, 6.07) is 22.7. The summed E-state index contributed by atoms with van der Waals surface area (Å²) in [7, 11) is 1.64. The number of fused-ring (bicyclic) bond motifs is 1. The van der Waals surface area contributed by atoms with Gasteiger partial charge in [-0.2, -0.15) is 0 Å². The molecular weight excluding hydrogens is 474 g/mol. The number of nitrogens with zero attached hydrogens (tertiary/aromatic N) is 3. The highest BCUT2D eigenvalue weighted by atomic mass is 32.1. The topological polar surface area (TPSA) is 64.1 Å². The van der Waals surface area contributed by atoms with Crippen molar-refractivity contribution in [2.75, 3.05) is 51.4 Å². The molecule has 0 N–H and O–H groups in total. The van der Waals surface area contributed by atoms with E-state index >= 15 is 0 Å². The number of carbonyl (C=O) groups is 1. The summed E-state index contributed by atoms with van der Waals surface area (Å²) in [4.78, 5) is 22.8. The molecule has 3 aromatic carbocycles. The number of ether oxygens (including phenoxy) is 3. The molecule has 186 valence electrons. The monoisotopic (exact) mass is 503 g/mol. The molecule has 4 aromatic rings. The average molecular weight is 504 g/mol. The maximum Gasteiger partial charge on any atom is 0.260 e. The van der Waals surface area contributed by atoms with E-state index in [9.17, 15) is 4.79 Å². The van der Waals surface area contributed by atoms with Gasteiger partial charge in [0.15, 0.2) is 5.13 Å². The van der Waals surface area contributed by atoms with Gasteiger partial charge in [0.05, 0.1) is 30.5 Å². The summed E-state index contributed by atoms with van der Waals surface area (Å²) < 4.78 is 17.8. The molecule has 0 bridgehead atoms. The lowest BCUT2D eigenvalue weighted by atomic mass is 10.2. The van der Waals surface area contributed by atoms with Crippen LogP contribution in [-0.4, -0.2) is 62.3 Å². The van der Waals surface area contributed by atoms with Gasteiger partial charge in [-0.25, -0.2) is 4.98 Å². The molecule has 1 aromatic heterocycles. The number of hydrogen-bond donors (Lipinski definition) is 0. The SMILES string of the molecule is COc1ccc2sc(N(CCCN3CCOCC3)C(=O)c3cccc(Oc4ccccc4)c3)nc2c1. The molecule has 0 saturated carbocycles. The Balaban J connectivity index is 1.39. The van der Waals surface area contributed by atoms with Crippen LogP contribution in [0.5, 0.6) is 17.2 Å². The van der Waals surface area contributed by atoms with Crippen LogP contribution in [0.25, 0.3) is 10.2 Å². The van der Waals surface area contributed by atoms with Gasteiger partial charge in [0.25, 0.3) is 5.91 Å². The van der Waals surface area contributed by atoms with E-state index in [0.717, 1.165) is 61.0 Å². The number of anilines is 1. The van der Waals surface area contributed by atoms with Crippen LogP contribution in [0.3, 0.4) is 0 Å². The Bertz CT molecular complexity index is 1300. The molecule has 8 heteroatoms. The normalized spacial score (nSPS) is 14.0. The standard InChI is InChI=1S/C28H29N3O4S/c1-33-23-11-12-26-25(20-23)29-28(36-26)31(14-6-13-30-15-17-34-18-16-30)27(32)21-7-5-10-24(19-21)35-22-8-3-2-4-9-22/h2-5,7-12,19-20H,6,13-18H2,1H3. The average Bonchev–Trinajstić information content (AvgIpc) is 3.35. The maximum absolute atomic E-state index is 13.8. The second-order valence-corrected chi connectivity index (χ2v) is 9.55. The van der Waals surface area contributed by atoms with Crippen molar-refractivity contribution in [2.24, 2.45) is 0 Å². The zero-order valence-corrected chi connectivity index (χ0v) is 21.1. The van der Waals surface area contributed by atoms with E-state index in [0.29, 0.717) is 23.0 Å². The largest absolute Gasteiger partial charge is 0.497 e. The molecule has 7 nitrogen and oxygen atoms in total. The number of aromatic nitrogens is 1. The van der Waals surface area contributed by atoms with Crippen molar-refractivity contribution in [3.05, 3.63) is 78.4 Å². The Morgan fingerprint density at radius 3 is 2.61 bits per heavy atom. The third-order valence-corrected chi connectivity index (χ3v) is 7.14. The van der Waals surface area contributed by atoms with E-state index in [2.05, 4.69) is 4.90 Å². The van der Waals surface area contributed by atoms with Gasteiger partial charge in [0.1, 0.15) is 17.2 Å². The number of thiazole rings is 1. The Morgan fingerprint density at radius 2 is 1.81 bits per heavy atom. The van der Waals surface area contributed by atoms with Gasteiger partial charge in [-0.1, -0.05) is 35.6 Å². The lowest BCUT2D eigenvalue weighted by molar-refractivity contribution is 0.0376. The third-order valence-electron chi connectivity index (χ3n) is 6.08. The van der Waals surface area contributed by atoms with Gasteiger partial charge in [0.2, 0.25) is 0 Å². The van der Waals surface area contributed by atoms with E-state index < -0.39 is 0 Å². The molecule has 2 heterocycles. The first-order chi connectivity index (χ1) is 17.7. The predicted octanol–water partition coefficient (Wildman–Crippen LogP) is 5.47. The number of methoxy groups -OCH3 is 1. The molecule has 0 atom stereocenters. The van der Waals surface area contributed by atoms with Crippen LogP contribution in [0.2, 0.25) is 0 Å². The Labute approximate surface area is 214 Å². The van der Waals surface area contributed by atoms with Gasteiger partial charge >= 0.3 is 0 Å². The minimum absolute atomic E-state index is 0.0958. The zero-order valence-electron chi connectivity index (χ0n) is 20.3. The molecule has 1 amide bonds. The van der Waals surface area contributed by atoms with Crippen LogP contribution < -0.4 is 14.4 Å². The fraction of sp³-hybridized carbons (Fsp3) is 0.286. The molecular formula is C28H29N3O4S. The van der Waals surface area contributed by atoms with Gasteiger partial charge in [0, 0.05) is 37.8 Å². The van der Waals surface area contributed by atoms with Crippen LogP contribution in [0, 0.1) is 0 Å². The number of carbonyl (C=O) groups excluding carboxylic acids is 1. The van der Waals surface area contributed by atoms with Crippen molar-refractivity contribution in [1.82, 2.24) is 9.88 Å². The summed E-state index contributed by atoms with van der Waals surface area (Å²) >= 11 is 1.51. The van der Waals surface area contributed by atoms with Gasteiger partial charge in [-0.15, -0.1) is 0 Å². The van der Waals surface area contributed by atoms with E-state index in [1.807, 2.05) is 66.7 Å². The van der Waals surface area contributed by atoms with Crippen molar-refractivity contribution in [3.8, 4) is 17.2 Å². The Kier molecular flexibility index (Phi) is 7.76. The molecule has 0 spiro atoms. The van der Waals surface area contributed by atoms with Gasteiger partial charge < -0.3 is 14.2 Å². The van der Waals surface area contributed by atoms with Crippen LogP contribution in [0.15, 0.2) is 72.8 Å². The minimum Gasteiger partial charge on any atom is -0.497 e. The lowest BCUT2D eigenvalue weighted by Gasteiger charge is -2.27. The fourth-order valence-electron chi connectivity index (χ4n) is 4.17. The van der Waals surface area contributed by atoms with Crippen molar-refractivity contribution >= 4 is 32.6 Å². The Hall–Kier alpha value is -3.46. The van der Waals surface area contributed by atoms with Crippen molar-refractivity contribution < 1.29 is 19.0 Å². The van der Waals surface area contributed by atoms with Crippen LogP contribution in [0.1, 0.15) is 16.8 Å². The molecule has 1 aliphatic rings. The molecule has 36 heavy (non-hydrogen) atoms. The first-order valence-electron chi connectivity index (χ1n) is 12.1. The number of benzene rings is 3. The van der Waals surface area contributed by atoms with Crippen molar-refractivity contribution in [2.45, 2.75) is 6.42 Å². The maximum atomic E-state index is 13.8. The molecule has 1 aliphatic heterocycles. The van der Waals surface area contributed by atoms with E-state index in [4.69, 9.17) is 19.2 Å². The van der Waals surface area contributed by atoms with E-state index in [1.165, 1.54) is 11.3 Å². The van der Waals surface area contributed by atoms with Crippen LogP contribution in [-0.2, 0) is 4.74 Å². The number of hydrogen-bond acceptors (Lipinski definition) is 7. The van der Waals surface area contributed by atoms with Crippen LogP contribution >= 0.6 is 11.3 Å². The highest BCUT2D eigenvalue weighted by Gasteiger charge is 2.22. The van der Waals surface area contributed by atoms with Gasteiger partial charge in [-0.05, 0) is 48.9 Å². The third kappa shape index (κ3) is 5.84. The number of amides is 1. The second-order valence-electron chi connectivity index (χ2n) is 8.54. The highest BCUT2D eigenvalue weighted by molar-refractivity contribution is 7.22. The molecule has 1 saturated heterocycles. The molecule has 1 fully saturated rings. The molecule has 0 radical (unpaired) electrons. The Morgan fingerprint density at radius 1 is 1.00 bits per heavy atom. The summed E-state index contributed by atoms with van der Waals surface area (Å²) in [5, 5.41) is 0.680. The minimum atomic E-state index is -0.0958. The fourth-order valence-corrected chi connectivity index (χ4v) is 5.14. The quantitative estimate of drug-likeness (QED) is 0.302. The molecule has 0 unspecified atom stereocenters. The summed E-state index contributed by atoms with van der Waals surface area (Å²) in [5.41, 5.74) is 1.38. The summed E-state index contributed by atoms with van der Waals surface area (Å²) in [5.74, 6) is 2.00. The van der Waals surface area contributed by atoms with Crippen LogP contribution in [0.4, 0.5) is 5.13 Å². The predicted molar refractivity (Wildman–Crippen MR) is 143 cm³/mol. The van der Waals surface area contributed by atoms with E-state index in [1.54, 1.807) is 18.1 Å². The lowest BCUT2D eigenvalue weighted by Crippen LogP contribution is -2.39. The number of morpholine rings is 1. The first kappa shape index (κ1) is 24.2. The van der Waals surface area contributed by atoms with Gasteiger partial charge in [-0.3, -0.25) is 14.6 Å². The molecule has 0 aliphatic carbocycles. The first-order valence-corrected chi connectivity index (χ1v) is 12.9. The number of rotatable bonds is 9. The summed E-state index contributed by atoms with van der Waals surface area (Å²) in [6.45, 7) is 4.84. The van der Waals surface area contributed by atoms with E-state index in [-0.39, 0.29) is 5.91 Å².